The Kier molecular flexibility index (Phi) is 85.5. The van der Waals surface area contributed by atoms with E-state index in [4.69, 9.17) is 0 Å². The normalized spacial score (nSPS) is 5.33. The summed E-state index contributed by atoms with van der Waals surface area (Å²) in [5, 5.41) is 0. The largest absolute Gasteiger partial charge is 4.00 e. The smallest absolute Gasteiger partial charge is 0.870 e. The van der Waals surface area contributed by atoms with E-state index in [-0.39, 0.29) is 42.6 Å². The first-order chi connectivity index (χ1) is 2.27. The Hall–Kier alpha value is 0.763. The van der Waals surface area contributed by atoms with Gasteiger partial charge in [-0.15, -0.1) is 0 Å². The van der Waals surface area contributed by atoms with E-state index in [0.29, 0.717) is 0 Å². The van der Waals surface area contributed by atoms with Gasteiger partial charge in [0.25, 0.3) is 0 Å². The molecule has 0 aromatic carbocycles. The number of hydrogen-bond acceptors (Lipinski definition) is 3. The Bertz CT molecular complexity index is 26.2. The second-order valence-electron chi connectivity index (χ2n) is 1.68. The maximum atomic E-state index is 3.69. The molecule has 0 aromatic heterocycles. The van der Waals surface area contributed by atoms with Gasteiger partial charge in [-0.25, -0.2) is 0 Å². The summed E-state index contributed by atoms with van der Waals surface area (Å²) in [7, 11) is 0. The minimum Gasteiger partial charge on any atom is -0.870 e. The second-order valence-corrected chi connectivity index (χ2v) is 1.68. The molecular weight excluding hydrogens is 199 g/mol. The van der Waals surface area contributed by atoms with E-state index in [0.717, 1.165) is 12.3 Å². The molecule has 0 aliphatic carbocycles. The first kappa shape index (κ1) is 33.0. The third kappa shape index (κ3) is 52.5. The quantitative estimate of drug-likeness (QED) is 0.615. The molecule has 0 amide bonds. The summed E-state index contributed by atoms with van der Waals surface area (Å²) < 4.78 is 0. The minimum absolute atomic E-state index is 0. The van der Waals surface area contributed by atoms with Crippen LogP contribution in [-0.2, 0) is 26.2 Å². The molecule has 0 spiro atoms. The molecule has 0 saturated carbocycles. The zero-order valence-corrected chi connectivity index (χ0v) is 8.29. The summed E-state index contributed by atoms with van der Waals surface area (Å²) in [4.78, 5) is 0. The van der Waals surface area contributed by atoms with Gasteiger partial charge in [-0.1, -0.05) is 19.8 Å². The Morgan fingerprint density at radius 2 is 1.22 bits per heavy atom. The molecule has 0 radical (unpaired) electrons. The number of hydrogen-bond donors (Lipinski definition) is 0. The van der Waals surface area contributed by atoms with Crippen LogP contribution >= 0.6 is 0 Å². The van der Waals surface area contributed by atoms with Crippen LogP contribution in [0.15, 0.2) is 0 Å². The molecule has 3 nitrogen and oxygen atoms in total. The Morgan fingerprint density at radius 3 is 1.22 bits per heavy atom. The fourth-order valence-corrected chi connectivity index (χ4v) is 0. The average Bonchev–Trinajstić information content (AvgIpc) is 1.38. The summed E-state index contributed by atoms with van der Waals surface area (Å²) >= 11 is 0. The molecule has 0 aromatic rings. The van der Waals surface area contributed by atoms with E-state index >= 15 is 0 Å². The second kappa shape index (κ2) is 23.3. The summed E-state index contributed by atoms with van der Waals surface area (Å²) in [6, 6.07) is 0. The van der Waals surface area contributed by atoms with Crippen molar-refractivity contribution in [2.24, 2.45) is 5.92 Å². The molecule has 0 saturated heterocycles. The van der Waals surface area contributed by atoms with Gasteiger partial charge in [-0.2, -0.15) is 6.42 Å². The van der Waals surface area contributed by atoms with E-state index < -0.39 is 0 Å². The van der Waals surface area contributed by atoms with Crippen LogP contribution in [0.4, 0.5) is 0 Å². The molecular formula is C5H14O3Zr. The van der Waals surface area contributed by atoms with Gasteiger partial charge in [0, 0.05) is 0 Å². The molecule has 0 bridgehead atoms. The SMILES string of the molecule is [CH2-]CC(C)C.[OH-].[OH-].[OH-].[Zr+4]. The number of rotatable bonds is 1. The fourth-order valence-electron chi connectivity index (χ4n) is 0. The summed E-state index contributed by atoms with van der Waals surface area (Å²) in [5.74, 6) is 0.773. The molecule has 0 rings (SSSR count). The molecule has 0 atom stereocenters. The van der Waals surface area contributed by atoms with Crippen molar-refractivity contribution < 1.29 is 42.6 Å². The molecule has 0 unspecified atom stereocenters. The predicted octanol–water partition coefficient (Wildman–Crippen LogP) is 1.33. The van der Waals surface area contributed by atoms with Gasteiger partial charge in [0.2, 0.25) is 0 Å². The maximum Gasteiger partial charge on any atom is 4.00 e. The first-order valence-electron chi connectivity index (χ1n) is 2.06. The van der Waals surface area contributed by atoms with Crippen LogP contribution in [0.3, 0.4) is 0 Å². The molecule has 0 aliphatic heterocycles. The third-order valence-corrected chi connectivity index (χ3v) is 0.577. The van der Waals surface area contributed by atoms with Gasteiger partial charge in [0.05, 0.1) is 0 Å². The Labute approximate surface area is 75.9 Å². The summed E-state index contributed by atoms with van der Waals surface area (Å²) in [6.45, 7) is 8.00. The monoisotopic (exact) mass is 212 g/mol. The van der Waals surface area contributed by atoms with Crippen LogP contribution in [0.2, 0.25) is 0 Å². The molecule has 56 valence electrons. The van der Waals surface area contributed by atoms with Crippen molar-refractivity contribution in [3.63, 3.8) is 0 Å². The van der Waals surface area contributed by atoms with Crippen molar-refractivity contribution in [2.75, 3.05) is 0 Å². The van der Waals surface area contributed by atoms with Gasteiger partial charge >= 0.3 is 26.2 Å². The predicted molar refractivity (Wildman–Crippen MR) is 30.6 cm³/mol. The third-order valence-electron chi connectivity index (χ3n) is 0.577. The first-order valence-corrected chi connectivity index (χ1v) is 2.06. The minimum atomic E-state index is 0. The van der Waals surface area contributed by atoms with Crippen LogP contribution in [0.1, 0.15) is 20.3 Å². The van der Waals surface area contributed by atoms with Crippen LogP contribution < -0.4 is 0 Å². The van der Waals surface area contributed by atoms with Crippen molar-refractivity contribution >= 4 is 0 Å². The van der Waals surface area contributed by atoms with Crippen LogP contribution in [-0.4, -0.2) is 16.4 Å². The van der Waals surface area contributed by atoms with E-state index in [1.165, 1.54) is 0 Å². The average molecular weight is 213 g/mol. The molecule has 0 aliphatic rings. The van der Waals surface area contributed by atoms with Crippen molar-refractivity contribution in [3.8, 4) is 0 Å². The van der Waals surface area contributed by atoms with Gasteiger partial charge in [0.15, 0.2) is 0 Å². The summed E-state index contributed by atoms with van der Waals surface area (Å²) in [6.07, 6.45) is 1.06. The molecule has 0 heterocycles. The van der Waals surface area contributed by atoms with Crippen molar-refractivity contribution in [1.29, 1.82) is 0 Å². The molecule has 4 heteroatoms. The molecule has 9 heavy (non-hydrogen) atoms. The van der Waals surface area contributed by atoms with Crippen LogP contribution in [0, 0.1) is 12.8 Å². The van der Waals surface area contributed by atoms with Crippen LogP contribution in [0.5, 0.6) is 0 Å². The van der Waals surface area contributed by atoms with Crippen molar-refractivity contribution in [2.45, 2.75) is 20.3 Å². The summed E-state index contributed by atoms with van der Waals surface area (Å²) in [5.41, 5.74) is 0. The van der Waals surface area contributed by atoms with Crippen molar-refractivity contribution in [1.82, 2.24) is 0 Å². The Morgan fingerprint density at radius 1 is 1.11 bits per heavy atom. The van der Waals surface area contributed by atoms with Gasteiger partial charge < -0.3 is 23.4 Å². The van der Waals surface area contributed by atoms with Gasteiger partial charge in [-0.3, -0.25) is 0 Å². The van der Waals surface area contributed by atoms with Gasteiger partial charge in [-0.05, 0) is 0 Å². The van der Waals surface area contributed by atoms with Crippen LogP contribution in [0.25, 0.3) is 0 Å². The standard InChI is InChI=1S/C5H11.3H2O.Zr/c1-4-5(2)3;;;;/h5H,1,4H2,2-3H3;3*1H2;/q-1;;;;+4/p-3. The zero-order valence-electron chi connectivity index (χ0n) is 5.83. The zero-order chi connectivity index (χ0) is 4.28. The van der Waals surface area contributed by atoms with Gasteiger partial charge in [0.1, 0.15) is 0 Å². The maximum absolute atomic E-state index is 3.69. The molecule has 3 N–H and O–H groups in total. The fraction of sp³-hybridized carbons (Fsp3) is 0.800. The molecule has 0 fully saturated rings. The van der Waals surface area contributed by atoms with E-state index in [1.54, 1.807) is 0 Å². The van der Waals surface area contributed by atoms with E-state index in [1.807, 2.05) is 0 Å². The van der Waals surface area contributed by atoms with E-state index in [9.17, 15) is 0 Å². The topological polar surface area (TPSA) is 90.0 Å². The van der Waals surface area contributed by atoms with Crippen molar-refractivity contribution in [3.05, 3.63) is 6.92 Å². The Balaban J connectivity index is -0.0000000133. The van der Waals surface area contributed by atoms with E-state index in [2.05, 4.69) is 20.8 Å².